The van der Waals surface area contributed by atoms with Crippen LogP contribution in [0.3, 0.4) is 0 Å². The second kappa shape index (κ2) is 9.12. The first-order valence-corrected chi connectivity index (χ1v) is 10.8. The van der Waals surface area contributed by atoms with Gasteiger partial charge in [-0.1, -0.05) is 23.7 Å². The van der Waals surface area contributed by atoms with Gasteiger partial charge in [0.2, 0.25) is 0 Å². The van der Waals surface area contributed by atoms with Gasteiger partial charge in [0.1, 0.15) is 0 Å². The number of carbonyl (C=O) groups is 1. The van der Waals surface area contributed by atoms with Gasteiger partial charge in [-0.3, -0.25) is 4.79 Å². The number of para-hydroxylation sites is 1. The summed E-state index contributed by atoms with van der Waals surface area (Å²) in [5.74, 6) is 0. The number of aromatic amines is 1. The molecule has 6 nitrogen and oxygen atoms in total. The van der Waals surface area contributed by atoms with Gasteiger partial charge in [-0.2, -0.15) is 0 Å². The van der Waals surface area contributed by atoms with Gasteiger partial charge < -0.3 is 19.9 Å². The Labute approximate surface area is 186 Å². The number of aryl methyl sites for hydroxylation is 2. The summed E-state index contributed by atoms with van der Waals surface area (Å²) in [4.78, 5) is 30.5. The Morgan fingerprint density at radius 3 is 2.74 bits per heavy atom. The smallest absolute Gasteiger partial charge is 0.322 e. The van der Waals surface area contributed by atoms with Gasteiger partial charge in [0.25, 0.3) is 5.56 Å². The van der Waals surface area contributed by atoms with Crippen LogP contribution >= 0.6 is 11.6 Å². The maximum Gasteiger partial charge on any atom is 0.322 e. The highest BCUT2D eigenvalue weighted by Gasteiger charge is 2.24. The highest BCUT2D eigenvalue weighted by molar-refractivity contribution is 6.33. The minimum Gasteiger partial charge on any atom is -0.376 e. The summed E-state index contributed by atoms with van der Waals surface area (Å²) >= 11 is 6.21. The first kappa shape index (κ1) is 21.4. The topological polar surface area (TPSA) is 74.4 Å². The number of nitrogens with one attached hydrogen (secondary N) is 2. The molecule has 0 bridgehead atoms. The van der Waals surface area contributed by atoms with Crippen molar-refractivity contribution >= 4 is 34.2 Å². The van der Waals surface area contributed by atoms with Crippen molar-refractivity contribution in [2.24, 2.45) is 0 Å². The lowest BCUT2D eigenvalue weighted by molar-refractivity contribution is 0.0818. The first-order valence-electron chi connectivity index (χ1n) is 10.5. The summed E-state index contributed by atoms with van der Waals surface area (Å²) in [5.41, 5.74) is 3.93. The Bertz CT molecular complexity index is 1170. The number of ether oxygens (including phenoxy) is 1. The van der Waals surface area contributed by atoms with Gasteiger partial charge in [0, 0.05) is 24.2 Å². The third-order valence-electron chi connectivity index (χ3n) is 5.75. The molecule has 1 aliphatic rings. The van der Waals surface area contributed by atoms with Crippen LogP contribution in [-0.4, -0.2) is 35.2 Å². The Kier molecular flexibility index (Phi) is 6.30. The molecule has 1 aliphatic heterocycles. The number of halogens is 1. The number of fused-ring (bicyclic) bond motifs is 1. The van der Waals surface area contributed by atoms with Crippen LogP contribution in [0.5, 0.6) is 0 Å². The molecule has 2 N–H and O–H groups in total. The van der Waals surface area contributed by atoms with Gasteiger partial charge in [-0.15, -0.1) is 0 Å². The Morgan fingerprint density at radius 1 is 1.23 bits per heavy atom. The van der Waals surface area contributed by atoms with Crippen LogP contribution in [0.4, 0.5) is 10.5 Å². The van der Waals surface area contributed by atoms with E-state index < -0.39 is 0 Å². The molecular formula is C24H26ClN3O3. The summed E-state index contributed by atoms with van der Waals surface area (Å²) in [7, 11) is 0. The molecule has 2 aromatic carbocycles. The van der Waals surface area contributed by atoms with Crippen molar-refractivity contribution < 1.29 is 9.53 Å². The fraction of sp³-hybridized carbons (Fsp3) is 0.333. The minimum absolute atomic E-state index is 0.0403. The van der Waals surface area contributed by atoms with E-state index in [1.54, 1.807) is 23.1 Å². The Balaban J connectivity index is 1.63. The van der Waals surface area contributed by atoms with Crippen LogP contribution in [-0.2, 0) is 11.3 Å². The third-order valence-corrected chi connectivity index (χ3v) is 6.08. The fourth-order valence-corrected chi connectivity index (χ4v) is 4.04. The number of aromatic nitrogens is 1. The summed E-state index contributed by atoms with van der Waals surface area (Å²) in [6.07, 6.45) is 1.82. The molecule has 0 radical (unpaired) electrons. The third kappa shape index (κ3) is 4.92. The number of rotatable bonds is 5. The number of nitrogens with zero attached hydrogens (tertiary/aromatic N) is 1. The summed E-state index contributed by atoms with van der Waals surface area (Å²) in [6.45, 7) is 5.33. The molecule has 1 saturated heterocycles. The van der Waals surface area contributed by atoms with Crippen LogP contribution in [0.1, 0.15) is 29.5 Å². The molecule has 0 spiro atoms. The zero-order chi connectivity index (χ0) is 22.0. The van der Waals surface area contributed by atoms with Crippen molar-refractivity contribution in [1.82, 2.24) is 9.88 Å². The van der Waals surface area contributed by atoms with Crippen molar-refractivity contribution in [2.75, 3.05) is 18.5 Å². The molecule has 0 aliphatic carbocycles. The van der Waals surface area contributed by atoms with Crippen molar-refractivity contribution in [3.63, 3.8) is 0 Å². The van der Waals surface area contributed by atoms with Gasteiger partial charge in [0.15, 0.2) is 0 Å². The number of H-pyrrole nitrogens is 1. The number of urea groups is 1. The van der Waals surface area contributed by atoms with E-state index >= 15 is 0 Å². The molecule has 31 heavy (non-hydrogen) atoms. The number of anilines is 1. The number of hydrogen-bond acceptors (Lipinski definition) is 3. The van der Waals surface area contributed by atoms with E-state index in [1.807, 2.05) is 32.0 Å². The van der Waals surface area contributed by atoms with Crippen LogP contribution in [0.15, 0.2) is 47.3 Å². The van der Waals surface area contributed by atoms with E-state index in [1.165, 1.54) is 0 Å². The predicted octanol–water partition coefficient (Wildman–Crippen LogP) is 5.01. The molecule has 3 aromatic rings. The number of amides is 2. The molecule has 4 rings (SSSR count). The number of carbonyl (C=O) groups excluding carboxylic acids is 1. The van der Waals surface area contributed by atoms with E-state index in [0.29, 0.717) is 29.4 Å². The zero-order valence-corrected chi connectivity index (χ0v) is 18.5. The molecule has 162 valence electrons. The lowest BCUT2D eigenvalue weighted by Crippen LogP contribution is -2.40. The maximum atomic E-state index is 13.1. The average molecular weight is 440 g/mol. The second-order valence-corrected chi connectivity index (χ2v) is 8.48. The van der Waals surface area contributed by atoms with Crippen LogP contribution in [0.2, 0.25) is 5.02 Å². The normalized spacial score (nSPS) is 15.9. The van der Waals surface area contributed by atoms with E-state index in [-0.39, 0.29) is 24.2 Å². The average Bonchev–Trinajstić information content (AvgIpc) is 3.24. The summed E-state index contributed by atoms with van der Waals surface area (Å²) in [6, 6.07) is 12.7. The quantitative estimate of drug-likeness (QED) is 0.586. The summed E-state index contributed by atoms with van der Waals surface area (Å²) in [5, 5.41) is 4.27. The molecule has 1 fully saturated rings. The van der Waals surface area contributed by atoms with Crippen LogP contribution in [0.25, 0.3) is 10.9 Å². The van der Waals surface area contributed by atoms with Crippen molar-refractivity contribution in [2.45, 2.75) is 39.3 Å². The SMILES string of the molecule is Cc1cc2cc(CN(CC3CCCO3)C(=O)Nc3ccccc3Cl)c(=O)[nH]c2cc1C. The fourth-order valence-electron chi connectivity index (χ4n) is 3.86. The lowest BCUT2D eigenvalue weighted by atomic mass is 10.0. The molecule has 0 saturated carbocycles. The van der Waals surface area contributed by atoms with E-state index in [4.69, 9.17) is 16.3 Å². The van der Waals surface area contributed by atoms with Gasteiger partial charge in [0.05, 0.1) is 23.4 Å². The Morgan fingerprint density at radius 2 is 2.00 bits per heavy atom. The number of hydrogen-bond donors (Lipinski definition) is 2. The van der Waals surface area contributed by atoms with Crippen molar-refractivity contribution in [3.8, 4) is 0 Å². The first-order chi connectivity index (χ1) is 14.9. The maximum absolute atomic E-state index is 13.1. The number of pyridine rings is 1. The van der Waals surface area contributed by atoms with E-state index in [0.717, 1.165) is 34.9 Å². The molecule has 2 amide bonds. The van der Waals surface area contributed by atoms with Gasteiger partial charge in [-0.05, 0) is 73.5 Å². The monoisotopic (exact) mass is 439 g/mol. The molecule has 7 heteroatoms. The van der Waals surface area contributed by atoms with Crippen molar-refractivity contribution in [3.05, 3.63) is 74.5 Å². The van der Waals surface area contributed by atoms with E-state index in [2.05, 4.69) is 16.4 Å². The van der Waals surface area contributed by atoms with Crippen molar-refractivity contribution in [1.29, 1.82) is 0 Å². The molecule has 1 atom stereocenters. The predicted molar refractivity (Wildman–Crippen MR) is 124 cm³/mol. The van der Waals surface area contributed by atoms with Crippen LogP contribution < -0.4 is 10.9 Å². The molecular weight excluding hydrogens is 414 g/mol. The molecule has 1 unspecified atom stereocenters. The zero-order valence-electron chi connectivity index (χ0n) is 17.7. The highest BCUT2D eigenvalue weighted by Crippen LogP contribution is 2.23. The minimum atomic E-state index is -0.316. The number of benzene rings is 2. The second-order valence-electron chi connectivity index (χ2n) is 8.07. The lowest BCUT2D eigenvalue weighted by Gasteiger charge is -2.26. The van der Waals surface area contributed by atoms with E-state index in [9.17, 15) is 9.59 Å². The molecule has 2 heterocycles. The highest BCUT2D eigenvalue weighted by atomic mass is 35.5. The standard InChI is InChI=1S/C24H26ClN3O3/c1-15-10-17-12-18(23(29)26-22(17)11-16(15)2)13-28(14-19-6-5-9-31-19)24(30)27-21-8-4-3-7-20(21)25/h3-4,7-8,10-12,19H,5-6,9,13-14H2,1-2H3,(H,26,29)(H,27,30). The largest absolute Gasteiger partial charge is 0.376 e. The molecule has 1 aromatic heterocycles. The Hall–Kier alpha value is -2.83. The summed E-state index contributed by atoms with van der Waals surface area (Å²) < 4.78 is 5.74. The van der Waals surface area contributed by atoms with Gasteiger partial charge >= 0.3 is 6.03 Å². The van der Waals surface area contributed by atoms with Gasteiger partial charge in [-0.25, -0.2) is 4.79 Å². The van der Waals surface area contributed by atoms with Crippen LogP contribution in [0, 0.1) is 13.8 Å².